The maximum atomic E-state index is 6.64. The summed E-state index contributed by atoms with van der Waals surface area (Å²) in [6.45, 7) is 12.7. The van der Waals surface area contributed by atoms with Gasteiger partial charge in [-0.25, -0.2) is 0 Å². The van der Waals surface area contributed by atoms with Crippen molar-refractivity contribution < 1.29 is 9.47 Å². The van der Waals surface area contributed by atoms with Crippen LogP contribution in [0.4, 0.5) is 0 Å². The smallest absolute Gasteiger partial charge is 0.126 e. The fourth-order valence-electron chi connectivity index (χ4n) is 5.36. The molecule has 0 aliphatic carbocycles. The number of hydrogen-bond donors (Lipinski definition) is 0. The fourth-order valence-corrected chi connectivity index (χ4v) is 6.73. The molecule has 0 N–H and O–H groups in total. The van der Waals surface area contributed by atoms with Gasteiger partial charge in [0.25, 0.3) is 0 Å². The molecule has 3 rings (SSSR count). The van der Waals surface area contributed by atoms with Crippen LogP contribution in [-0.4, -0.2) is 23.2 Å². The van der Waals surface area contributed by atoms with Crippen LogP contribution in [0, 0.1) is 17.8 Å². The van der Waals surface area contributed by atoms with Gasteiger partial charge in [0, 0.05) is 11.3 Å². The van der Waals surface area contributed by atoms with Crippen LogP contribution in [0.15, 0.2) is 24.3 Å². The number of para-hydroxylation sites is 1. The van der Waals surface area contributed by atoms with Crippen LogP contribution in [0.3, 0.4) is 0 Å². The summed E-state index contributed by atoms with van der Waals surface area (Å²) in [5, 5.41) is 0.401. The van der Waals surface area contributed by atoms with Crippen LogP contribution in [0.2, 0.25) is 0 Å². The molecule has 2 unspecified atom stereocenters. The van der Waals surface area contributed by atoms with Crippen molar-refractivity contribution in [3.63, 3.8) is 0 Å². The van der Waals surface area contributed by atoms with Gasteiger partial charge in [-0.2, -0.15) is 0 Å². The van der Waals surface area contributed by atoms with Gasteiger partial charge in [-0.1, -0.05) is 90.8 Å². The molecule has 5 atom stereocenters. The third-order valence-corrected chi connectivity index (χ3v) is 8.87. The van der Waals surface area contributed by atoms with E-state index in [4.69, 9.17) is 9.47 Å². The van der Waals surface area contributed by atoms with Gasteiger partial charge in [0.05, 0.1) is 11.9 Å². The van der Waals surface area contributed by atoms with Crippen LogP contribution in [-0.2, 0) is 4.74 Å². The summed E-state index contributed by atoms with van der Waals surface area (Å²) >= 11 is 2.05. The highest BCUT2D eigenvalue weighted by molar-refractivity contribution is 8.00. The first-order chi connectivity index (χ1) is 14.9. The molecule has 2 heterocycles. The fraction of sp³-hybridized carbons (Fsp3) is 0.786. The Balaban J connectivity index is 1.41. The van der Waals surface area contributed by atoms with Gasteiger partial charge >= 0.3 is 0 Å². The highest BCUT2D eigenvalue weighted by Gasteiger charge is 2.48. The predicted octanol–water partition coefficient (Wildman–Crippen LogP) is 8.45. The predicted molar refractivity (Wildman–Crippen MR) is 135 cm³/mol. The number of fused-ring (bicyclic) bond motifs is 3. The highest BCUT2D eigenvalue weighted by atomic mass is 32.2. The molecule has 2 nitrogen and oxygen atoms in total. The minimum absolute atomic E-state index is 0.130. The van der Waals surface area contributed by atoms with Crippen molar-refractivity contribution in [2.75, 3.05) is 12.4 Å². The monoisotopic (exact) mass is 446 g/mol. The molecule has 2 aliphatic rings. The van der Waals surface area contributed by atoms with E-state index in [1.165, 1.54) is 56.9 Å². The molecule has 0 saturated carbocycles. The Labute approximate surface area is 196 Å². The topological polar surface area (TPSA) is 18.5 Å². The molecular formula is C28H46O2S. The molecule has 0 spiro atoms. The van der Waals surface area contributed by atoms with Gasteiger partial charge in [0.1, 0.15) is 17.5 Å². The second-order valence-corrected chi connectivity index (χ2v) is 12.1. The van der Waals surface area contributed by atoms with Crippen molar-refractivity contribution in [3.8, 4) is 5.75 Å². The van der Waals surface area contributed by atoms with Crippen molar-refractivity contribution in [1.82, 2.24) is 0 Å². The molecule has 0 radical (unpaired) electrons. The van der Waals surface area contributed by atoms with E-state index in [1.54, 1.807) is 0 Å². The van der Waals surface area contributed by atoms with Crippen molar-refractivity contribution >= 4 is 11.8 Å². The summed E-state index contributed by atoms with van der Waals surface area (Å²) in [5.74, 6) is 4.67. The van der Waals surface area contributed by atoms with E-state index >= 15 is 0 Å². The first kappa shape index (κ1) is 25.0. The van der Waals surface area contributed by atoms with Gasteiger partial charge in [-0.05, 0) is 43.6 Å². The average Bonchev–Trinajstić information content (AvgIpc) is 2.74. The molecule has 2 aliphatic heterocycles. The SMILES string of the molecule is CC(C)CCCC(C)CCCC(C)CCC[C@@]1(C)Oc2ccccc2[C@H]2OCCS[C@@H]21. The molecule has 176 valence electrons. The Hall–Kier alpha value is -0.670. The number of rotatable bonds is 12. The molecule has 0 amide bonds. The molecule has 0 aromatic heterocycles. The first-order valence-corrected chi connectivity index (χ1v) is 13.9. The van der Waals surface area contributed by atoms with Crippen LogP contribution >= 0.6 is 11.8 Å². The van der Waals surface area contributed by atoms with E-state index in [0.29, 0.717) is 5.25 Å². The third-order valence-electron chi connectivity index (χ3n) is 7.37. The number of ether oxygens (including phenoxy) is 2. The minimum Gasteiger partial charge on any atom is -0.486 e. The van der Waals surface area contributed by atoms with E-state index in [1.807, 2.05) is 0 Å². The van der Waals surface area contributed by atoms with Crippen molar-refractivity contribution in [2.45, 2.75) is 109 Å². The zero-order valence-corrected chi connectivity index (χ0v) is 21.5. The lowest BCUT2D eigenvalue weighted by atomic mass is 9.84. The van der Waals surface area contributed by atoms with Gasteiger partial charge in [-0.15, -0.1) is 11.8 Å². The summed E-state index contributed by atoms with van der Waals surface area (Å²) in [7, 11) is 0. The Kier molecular flexibility index (Phi) is 9.65. The third kappa shape index (κ3) is 7.16. The Bertz CT molecular complexity index is 660. The minimum atomic E-state index is -0.130. The van der Waals surface area contributed by atoms with Crippen LogP contribution in [0.1, 0.15) is 104 Å². The highest BCUT2D eigenvalue weighted by Crippen LogP contribution is 2.50. The van der Waals surface area contributed by atoms with Gasteiger partial charge in [-0.3, -0.25) is 0 Å². The second-order valence-electron chi connectivity index (χ2n) is 10.9. The summed E-state index contributed by atoms with van der Waals surface area (Å²) in [6, 6.07) is 8.50. The number of benzene rings is 1. The van der Waals surface area contributed by atoms with E-state index in [0.717, 1.165) is 42.3 Å². The Morgan fingerprint density at radius 3 is 2.29 bits per heavy atom. The van der Waals surface area contributed by atoms with Crippen LogP contribution in [0.5, 0.6) is 5.75 Å². The first-order valence-electron chi connectivity index (χ1n) is 12.9. The molecule has 1 fully saturated rings. The molecule has 0 bridgehead atoms. The van der Waals surface area contributed by atoms with Crippen molar-refractivity contribution in [1.29, 1.82) is 0 Å². The maximum Gasteiger partial charge on any atom is 0.126 e. The van der Waals surface area contributed by atoms with E-state index in [9.17, 15) is 0 Å². The van der Waals surface area contributed by atoms with Crippen LogP contribution < -0.4 is 4.74 Å². The molecule has 1 saturated heterocycles. The molecule has 31 heavy (non-hydrogen) atoms. The van der Waals surface area contributed by atoms with Gasteiger partial charge in [0.2, 0.25) is 0 Å². The molecular weight excluding hydrogens is 400 g/mol. The number of hydrogen-bond acceptors (Lipinski definition) is 3. The Morgan fingerprint density at radius 2 is 1.58 bits per heavy atom. The molecule has 1 aromatic rings. The lowest BCUT2D eigenvalue weighted by Gasteiger charge is -2.48. The Morgan fingerprint density at radius 1 is 0.935 bits per heavy atom. The maximum absolute atomic E-state index is 6.64. The summed E-state index contributed by atoms with van der Waals surface area (Å²) in [5.41, 5.74) is 1.11. The normalized spacial score (nSPS) is 27.3. The largest absolute Gasteiger partial charge is 0.486 e. The zero-order chi connectivity index (χ0) is 22.3. The lowest BCUT2D eigenvalue weighted by molar-refractivity contribution is -0.0389. The summed E-state index contributed by atoms with van der Waals surface area (Å²) in [4.78, 5) is 0. The molecule has 1 aromatic carbocycles. The van der Waals surface area contributed by atoms with E-state index in [2.05, 4.69) is 70.6 Å². The van der Waals surface area contributed by atoms with Crippen molar-refractivity contribution in [3.05, 3.63) is 29.8 Å². The summed E-state index contributed by atoms with van der Waals surface area (Å²) < 4.78 is 12.9. The lowest BCUT2D eigenvalue weighted by Crippen LogP contribution is -2.51. The van der Waals surface area contributed by atoms with Gasteiger partial charge < -0.3 is 9.47 Å². The second kappa shape index (κ2) is 12.0. The van der Waals surface area contributed by atoms with Gasteiger partial charge in [0.15, 0.2) is 0 Å². The van der Waals surface area contributed by atoms with Crippen molar-refractivity contribution in [2.24, 2.45) is 17.8 Å². The average molecular weight is 447 g/mol. The molecule has 3 heteroatoms. The quantitative estimate of drug-likeness (QED) is 0.321. The van der Waals surface area contributed by atoms with E-state index in [-0.39, 0.29) is 11.7 Å². The standard InChI is InChI=1S/C28H46O2S/c1-21(2)11-8-12-22(3)13-9-14-23(4)15-10-18-28(5)27-26(29-19-20-31-27)24-16-6-7-17-25(24)30-28/h6-7,16-17,21-23,26-27H,8-15,18-20H2,1-5H3/t22?,23?,26-,27+,28-/m1/s1. The van der Waals surface area contributed by atoms with E-state index < -0.39 is 0 Å². The number of thioether (sulfide) groups is 1. The summed E-state index contributed by atoms with van der Waals surface area (Å²) in [6.07, 6.45) is 12.2. The van der Waals surface area contributed by atoms with Crippen LogP contribution in [0.25, 0.3) is 0 Å². The zero-order valence-electron chi connectivity index (χ0n) is 20.7.